The first-order chi connectivity index (χ1) is 6.70. The van der Waals surface area contributed by atoms with E-state index < -0.39 is 0 Å². The summed E-state index contributed by atoms with van der Waals surface area (Å²) in [5, 5.41) is 0. The minimum absolute atomic E-state index is 0.179. The number of hydrogen-bond donors (Lipinski definition) is 0. The van der Waals surface area contributed by atoms with E-state index in [1.165, 1.54) is 7.11 Å². The lowest BCUT2D eigenvalue weighted by molar-refractivity contribution is -0.140. The third-order valence-electron chi connectivity index (χ3n) is 1.81. The van der Waals surface area contributed by atoms with Crippen molar-refractivity contribution in [2.75, 3.05) is 7.11 Å². The van der Waals surface area contributed by atoms with E-state index in [2.05, 4.69) is 4.74 Å². The lowest BCUT2D eigenvalue weighted by Gasteiger charge is -1.97. The molecule has 0 spiro atoms. The molecular weight excluding hydrogens is 180 g/mol. The highest BCUT2D eigenvalue weighted by Crippen LogP contribution is 2.01. The molecule has 0 aromatic rings. The third-order valence-corrected chi connectivity index (χ3v) is 1.81. The van der Waals surface area contributed by atoms with Gasteiger partial charge in [0.15, 0.2) is 0 Å². The second-order valence-electron chi connectivity index (χ2n) is 3.05. The zero-order valence-electron chi connectivity index (χ0n) is 8.91. The lowest BCUT2D eigenvalue weighted by atomic mass is 10.1. The minimum atomic E-state index is -0.248. The first kappa shape index (κ1) is 12.9. The summed E-state index contributed by atoms with van der Waals surface area (Å²) in [6.07, 6.45) is 6.66. The molecule has 0 aliphatic heterocycles. The van der Waals surface area contributed by atoms with Crippen LogP contribution in [0.2, 0.25) is 0 Å². The fourth-order valence-corrected chi connectivity index (χ4v) is 1.02. The fraction of sp³-hybridized carbons (Fsp3) is 0.636. The van der Waals surface area contributed by atoms with E-state index in [0.717, 1.165) is 6.42 Å². The topological polar surface area (TPSA) is 43.4 Å². The van der Waals surface area contributed by atoms with Gasteiger partial charge in [-0.05, 0) is 12.8 Å². The number of rotatable bonds is 7. The van der Waals surface area contributed by atoms with Crippen LogP contribution in [0.5, 0.6) is 0 Å². The molecule has 0 aromatic heterocycles. The van der Waals surface area contributed by atoms with Gasteiger partial charge in [-0.15, -0.1) is 0 Å². The van der Waals surface area contributed by atoms with Crippen LogP contribution in [-0.4, -0.2) is 18.9 Å². The van der Waals surface area contributed by atoms with Crippen molar-refractivity contribution in [1.82, 2.24) is 0 Å². The summed E-state index contributed by atoms with van der Waals surface area (Å²) in [6, 6.07) is 0. The van der Waals surface area contributed by atoms with E-state index in [9.17, 15) is 9.59 Å². The maximum atomic E-state index is 11.2. The number of methoxy groups -OCH3 is 1. The molecule has 0 saturated carbocycles. The van der Waals surface area contributed by atoms with Gasteiger partial charge < -0.3 is 4.74 Å². The van der Waals surface area contributed by atoms with Crippen molar-refractivity contribution >= 4 is 11.8 Å². The maximum Gasteiger partial charge on any atom is 0.305 e. The number of hydrogen-bond acceptors (Lipinski definition) is 3. The Balaban J connectivity index is 3.44. The van der Waals surface area contributed by atoms with Gasteiger partial charge in [0.2, 0.25) is 0 Å². The number of ketones is 1. The first-order valence-corrected chi connectivity index (χ1v) is 4.94. The molecule has 0 unspecified atom stereocenters. The number of ether oxygens (including phenoxy) is 1. The minimum Gasteiger partial charge on any atom is -0.469 e. The van der Waals surface area contributed by atoms with Gasteiger partial charge in [0.25, 0.3) is 0 Å². The van der Waals surface area contributed by atoms with Crippen LogP contribution in [0, 0.1) is 0 Å². The zero-order chi connectivity index (χ0) is 10.8. The van der Waals surface area contributed by atoms with Crippen molar-refractivity contribution in [1.29, 1.82) is 0 Å². The lowest BCUT2D eigenvalue weighted by Crippen LogP contribution is -2.02. The van der Waals surface area contributed by atoms with Crippen molar-refractivity contribution in [3.8, 4) is 0 Å². The Kier molecular flexibility index (Phi) is 7.80. The molecule has 0 amide bonds. The Bertz CT molecular complexity index is 207. The predicted octanol–water partition coefficient (Wildman–Crippen LogP) is 2.26. The van der Waals surface area contributed by atoms with Gasteiger partial charge in [0.05, 0.1) is 7.11 Å². The van der Waals surface area contributed by atoms with Crippen LogP contribution in [0.25, 0.3) is 0 Å². The van der Waals surface area contributed by atoms with Gasteiger partial charge >= 0.3 is 5.97 Å². The molecule has 0 aromatic carbocycles. The monoisotopic (exact) mass is 198 g/mol. The molecule has 0 bridgehead atoms. The highest BCUT2D eigenvalue weighted by atomic mass is 16.5. The van der Waals surface area contributed by atoms with Crippen LogP contribution in [0.1, 0.15) is 39.0 Å². The SMILES string of the molecule is CCC=CCC(=O)CCCC(=O)OC. The quantitative estimate of drug-likeness (QED) is 0.465. The molecule has 3 heteroatoms. The van der Waals surface area contributed by atoms with Crippen LogP contribution >= 0.6 is 0 Å². The molecule has 0 aliphatic carbocycles. The molecule has 80 valence electrons. The molecule has 0 fully saturated rings. The Labute approximate surface area is 85.1 Å². The first-order valence-electron chi connectivity index (χ1n) is 4.94. The Morgan fingerprint density at radius 2 is 1.93 bits per heavy atom. The van der Waals surface area contributed by atoms with E-state index in [1.807, 2.05) is 19.1 Å². The summed E-state index contributed by atoms with van der Waals surface area (Å²) in [7, 11) is 1.36. The fourth-order valence-electron chi connectivity index (χ4n) is 1.02. The van der Waals surface area contributed by atoms with E-state index >= 15 is 0 Å². The van der Waals surface area contributed by atoms with Crippen molar-refractivity contribution < 1.29 is 14.3 Å². The molecule has 0 aliphatic rings. The van der Waals surface area contributed by atoms with E-state index in [1.54, 1.807) is 0 Å². The summed E-state index contributed by atoms with van der Waals surface area (Å²) in [5.41, 5.74) is 0. The largest absolute Gasteiger partial charge is 0.469 e. The van der Waals surface area contributed by atoms with Gasteiger partial charge in [-0.3, -0.25) is 9.59 Å². The summed E-state index contributed by atoms with van der Waals surface area (Å²) >= 11 is 0. The summed E-state index contributed by atoms with van der Waals surface area (Å²) < 4.78 is 4.47. The molecular formula is C11H18O3. The number of esters is 1. The van der Waals surface area contributed by atoms with E-state index in [0.29, 0.717) is 25.7 Å². The smallest absolute Gasteiger partial charge is 0.305 e. The average molecular weight is 198 g/mol. The van der Waals surface area contributed by atoms with Crippen LogP contribution < -0.4 is 0 Å². The van der Waals surface area contributed by atoms with Crippen molar-refractivity contribution in [2.24, 2.45) is 0 Å². The molecule has 14 heavy (non-hydrogen) atoms. The highest BCUT2D eigenvalue weighted by molar-refractivity contribution is 5.80. The maximum absolute atomic E-state index is 11.2. The zero-order valence-corrected chi connectivity index (χ0v) is 8.91. The molecule has 0 saturated heterocycles. The molecule has 0 heterocycles. The number of allylic oxidation sites excluding steroid dienone is 2. The Hall–Kier alpha value is -1.12. The van der Waals surface area contributed by atoms with Gasteiger partial charge in [-0.2, -0.15) is 0 Å². The van der Waals surface area contributed by atoms with Gasteiger partial charge in [-0.25, -0.2) is 0 Å². The average Bonchev–Trinajstić information content (AvgIpc) is 2.18. The van der Waals surface area contributed by atoms with Crippen molar-refractivity contribution in [2.45, 2.75) is 39.0 Å². The Morgan fingerprint density at radius 1 is 1.21 bits per heavy atom. The second-order valence-corrected chi connectivity index (χ2v) is 3.05. The van der Waals surface area contributed by atoms with Crippen LogP contribution in [0.3, 0.4) is 0 Å². The van der Waals surface area contributed by atoms with Crippen LogP contribution in [0.4, 0.5) is 0 Å². The molecule has 0 N–H and O–H groups in total. The highest BCUT2D eigenvalue weighted by Gasteiger charge is 2.03. The number of Topliss-reactive ketones (excluding diaryl/α,β-unsaturated/α-hetero) is 1. The van der Waals surface area contributed by atoms with E-state index in [-0.39, 0.29) is 11.8 Å². The van der Waals surface area contributed by atoms with Gasteiger partial charge in [0, 0.05) is 19.3 Å². The van der Waals surface area contributed by atoms with Crippen LogP contribution in [-0.2, 0) is 14.3 Å². The van der Waals surface area contributed by atoms with Gasteiger partial charge in [-0.1, -0.05) is 19.1 Å². The third kappa shape index (κ3) is 7.53. The molecule has 0 radical (unpaired) electrons. The molecule has 0 atom stereocenters. The Morgan fingerprint density at radius 3 is 2.50 bits per heavy atom. The summed E-state index contributed by atoms with van der Waals surface area (Å²) in [6.45, 7) is 2.03. The normalized spacial score (nSPS) is 10.4. The summed E-state index contributed by atoms with van der Waals surface area (Å²) in [5.74, 6) is -0.0690. The van der Waals surface area contributed by atoms with E-state index in [4.69, 9.17) is 0 Å². The van der Waals surface area contributed by atoms with Gasteiger partial charge in [0.1, 0.15) is 5.78 Å². The second kappa shape index (κ2) is 8.48. The standard InChI is InChI=1S/C11H18O3/c1-3-4-5-7-10(12)8-6-9-11(13)14-2/h4-5H,3,6-9H2,1-2H3. The number of carbonyl (C=O) groups excluding carboxylic acids is 2. The molecule has 3 nitrogen and oxygen atoms in total. The van der Waals surface area contributed by atoms with Crippen molar-refractivity contribution in [3.63, 3.8) is 0 Å². The number of carbonyl (C=O) groups is 2. The van der Waals surface area contributed by atoms with Crippen molar-refractivity contribution in [3.05, 3.63) is 12.2 Å². The van der Waals surface area contributed by atoms with Crippen LogP contribution in [0.15, 0.2) is 12.2 Å². The summed E-state index contributed by atoms with van der Waals surface area (Å²) in [4.78, 5) is 21.9. The molecule has 0 rings (SSSR count). The predicted molar refractivity (Wildman–Crippen MR) is 54.9 cm³/mol.